The number of nitrogens with zero attached hydrogens (tertiary/aromatic N) is 6. The second-order valence-corrected chi connectivity index (χ2v) is 16.4. The highest BCUT2D eigenvalue weighted by atomic mass is 32.1. The number of nitriles is 4. The molecule has 0 fully saturated rings. The van der Waals surface area contributed by atoms with Crippen LogP contribution >= 0.6 is 56.7 Å². The van der Waals surface area contributed by atoms with Crippen LogP contribution in [-0.4, -0.2) is 0 Å². The van der Waals surface area contributed by atoms with Crippen LogP contribution in [0.5, 0.6) is 0 Å². The second kappa shape index (κ2) is 14.5. The first-order chi connectivity index (χ1) is 23.4. The zero-order chi connectivity index (χ0) is 33.9. The van der Waals surface area contributed by atoms with Crippen molar-refractivity contribution >= 4 is 91.6 Å². The van der Waals surface area contributed by atoms with Gasteiger partial charge in [-0.05, 0) is 84.4 Å². The standard InChI is InChI=1S/C36H26N6S6/c1-5-23-25(7-3)33(45-31(23)27-11-9-21(43-27)13-19(15-37)16-38)35-29-30(42-48-41-29)36(47-35)34-26(8-4)24(6-2)32(46-34)28-12-10-22(44-28)14-20(17-39)18-40/h9-14H,5-8H2,1-4H3. The van der Waals surface area contributed by atoms with E-state index in [4.69, 9.17) is 8.73 Å². The molecule has 0 aromatic carbocycles. The van der Waals surface area contributed by atoms with Crippen LogP contribution in [-0.2, 0) is 37.0 Å². The third-order valence-electron chi connectivity index (χ3n) is 7.94. The van der Waals surface area contributed by atoms with Gasteiger partial charge in [0.05, 0.1) is 30.9 Å². The molecule has 12 heteroatoms. The van der Waals surface area contributed by atoms with E-state index in [0.29, 0.717) is 0 Å². The topological polar surface area (TPSA) is 120 Å². The summed E-state index contributed by atoms with van der Waals surface area (Å²) in [5, 5.41) is 37.0. The molecule has 1 aliphatic heterocycles. The third kappa shape index (κ3) is 5.97. The molecule has 0 aliphatic carbocycles. The van der Waals surface area contributed by atoms with Gasteiger partial charge in [0.15, 0.2) is 0 Å². The fourth-order valence-corrected chi connectivity index (χ4v) is 13.1. The fourth-order valence-electron chi connectivity index (χ4n) is 5.82. The lowest BCUT2D eigenvalue weighted by atomic mass is 10.0. The van der Waals surface area contributed by atoms with Crippen molar-refractivity contribution in [1.29, 1.82) is 21.0 Å². The van der Waals surface area contributed by atoms with Crippen LogP contribution in [0.3, 0.4) is 0 Å². The van der Waals surface area contributed by atoms with E-state index in [1.807, 2.05) is 36.4 Å². The van der Waals surface area contributed by atoms with E-state index in [2.05, 4.69) is 39.8 Å². The maximum absolute atomic E-state index is 9.25. The van der Waals surface area contributed by atoms with Gasteiger partial charge in [0.2, 0.25) is 0 Å². The van der Waals surface area contributed by atoms with Gasteiger partial charge in [-0.2, -0.15) is 29.8 Å². The predicted molar refractivity (Wildman–Crippen MR) is 205 cm³/mol. The Hall–Kier alpha value is -4.24. The first-order valence-electron chi connectivity index (χ1n) is 15.2. The van der Waals surface area contributed by atoms with Crippen LogP contribution in [0.4, 0.5) is 11.4 Å². The van der Waals surface area contributed by atoms with Crippen molar-refractivity contribution in [2.45, 2.75) is 53.4 Å². The normalized spacial score (nSPS) is 11.2. The highest BCUT2D eigenvalue weighted by molar-refractivity contribution is 7.58. The van der Waals surface area contributed by atoms with Crippen molar-refractivity contribution in [2.24, 2.45) is 8.73 Å². The minimum absolute atomic E-state index is 0.0997. The minimum Gasteiger partial charge on any atom is -0.192 e. The van der Waals surface area contributed by atoms with Gasteiger partial charge in [-0.25, -0.2) is 0 Å². The molecule has 5 aromatic heterocycles. The molecule has 5 aromatic rings. The molecule has 0 saturated heterocycles. The van der Waals surface area contributed by atoms with Crippen LogP contribution in [0.15, 0.2) is 44.1 Å². The monoisotopic (exact) mass is 734 g/mol. The fraction of sp³-hybridized carbons (Fsp3) is 0.222. The molecule has 0 saturated carbocycles. The summed E-state index contributed by atoms with van der Waals surface area (Å²) in [6.07, 6.45) is 6.88. The molecule has 0 atom stereocenters. The second-order valence-electron chi connectivity index (χ2n) is 10.5. The van der Waals surface area contributed by atoms with Crippen molar-refractivity contribution in [3.05, 3.63) is 67.4 Å². The summed E-state index contributed by atoms with van der Waals surface area (Å²) in [5.41, 5.74) is 7.45. The summed E-state index contributed by atoms with van der Waals surface area (Å²) in [4.78, 5) is 11.3. The Morgan fingerprint density at radius 2 is 0.875 bits per heavy atom. The van der Waals surface area contributed by atoms with Crippen LogP contribution in [0, 0.1) is 45.3 Å². The van der Waals surface area contributed by atoms with E-state index >= 15 is 0 Å². The zero-order valence-electron chi connectivity index (χ0n) is 26.4. The van der Waals surface area contributed by atoms with Gasteiger partial charge < -0.3 is 0 Å². The smallest absolute Gasteiger partial charge is 0.131 e. The molecule has 236 valence electrons. The average Bonchev–Trinajstić information content (AvgIpc) is 3.95. The van der Waals surface area contributed by atoms with Crippen LogP contribution < -0.4 is 0 Å². The van der Waals surface area contributed by atoms with Gasteiger partial charge in [-0.15, -0.1) is 56.7 Å². The summed E-state index contributed by atoms with van der Waals surface area (Å²) < 4.78 is 9.70. The van der Waals surface area contributed by atoms with Crippen molar-refractivity contribution in [3.63, 3.8) is 0 Å². The molecule has 6 rings (SSSR count). The van der Waals surface area contributed by atoms with Gasteiger partial charge in [0.1, 0.15) is 46.8 Å². The first-order valence-corrected chi connectivity index (χ1v) is 20.0. The van der Waals surface area contributed by atoms with E-state index in [0.717, 1.165) is 66.3 Å². The Kier molecular flexibility index (Phi) is 10.2. The molecular formula is C36H26N6S6. The maximum Gasteiger partial charge on any atom is 0.131 e. The van der Waals surface area contributed by atoms with Crippen LogP contribution in [0.1, 0.15) is 59.7 Å². The molecule has 0 radical (unpaired) electrons. The maximum atomic E-state index is 9.25. The number of hydrogen-bond acceptors (Lipinski definition) is 11. The summed E-state index contributed by atoms with van der Waals surface area (Å²) >= 11 is 9.86. The molecule has 0 unspecified atom stereocenters. The zero-order valence-corrected chi connectivity index (χ0v) is 31.3. The van der Waals surface area contributed by atoms with E-state index in [-0.39, 0.29) is 11.1 Å². The summed E-state index contributed by atoms with van der Waals surface area (Å²) in [6, 6.07) is 16.0. The van der Waals surface area contributed by atoms with Crippen molar-refractivity contribution < 1.29 is 0 Å². The molecular weight excluding hydrogens is 709 g/mol. The number of rotatable bonds is 10. The van der Waals surface area contributed by atoms with E-state index in [1.54, 1.807) is 68.8 Å². The Labute approximate surface area is 303 Å². The first kappa shape index (κ1) is 33.7. The molecule has 48 heavy (non-hydrogen) atoms. The summed E-state index contributed by atoms with van der Waals surface area (Å²) in [7, 11) is 0. The Morgan fingerprint density at radius 3 is 1.23 bits per heavy atom. The molecule has 6 heterocycles. The van der Waals surface area contributed by atoms with Gasteiger partial charge >= 0.3 is 0 Å². The number of thiophene rings is 5. The Balaban J connectivity index is 1.49. The van der Waals surface area contributed by atoms with E-state index in [1.165, 1.54) is 53.1 Å². The molecule has 0 spiro atoms. The SMILES string of the molecule is CCc1c(-c2ccc(C=C(C#N)C#N)s2)sc(-c2sc(-c3sc(-c4ccc(C=C(C#N)C#N)s4)c(CC)c3CC)c3c2N=S=N3)c1CC. The molecule has 1 aliphatic rings. The van der Waals surface area contributed by atoms with Crippen molar-refractivity contribution in [2.75, 3.05) is 0 Å². The largest absolute Gasteiger partial charge is 0.192 e. The molecule has 0 amide bonds. The lowest BCUT2D eigenvalue weighted by Gasteiger charge is -2.04. The number of allylic oxidation sites excluding steroid dienone is 2. The molecule has 0 bridgehead atoms. The molecule has 6 nitrogen and oxygen atoms in total. The van der Waals surface area contributed by atoms with E-state index < -0.39 is 0 Å². The minimum atomic E-state index is 0.0997. The summed E-state index contributed by atoms with van der Waals surface area (Å²) in [5.74, 6) is 0. The third-order valence-corrected chi connectivity index (χ3v) is 14.9. The van der Waals surface area contributed by atoms with E-state index in [9.17, 15) is 21.0 Å². The van der Waals surface area contributed by atoms with Crippen LogP contribution in [0.2, 0.25) is 0 Å². The van der Waals surface area contributed by atoms with Gasteiger partial charge in [0, 0.05) is 29.3 Å². The lowest BCUT2D eigenvalue weighted by molar-refractivity contribution is 1.06. The van der Waals surface area contributed by atoms with Crippen LogP contribution in [0.25, 0.3) is 51.2 Å². The average molecular weight is 735 g/mol. The molecule has 0 N–H and O–H groups in total. The lowest BCUT2D eigenvalue weighted by Crippen LogP contribution is -1.88. The number of fused-ring (bicyclic) bond motifs is 1. The quantitative estimate of drug-likeness (QED) is 0.130. The van der Waals surface area contributed by atoms with Gasteiger partial charge in [-0.1, -0.05) is 27.7 Å². The predicted octanol–water partition coefficient (Wildman–Crippen LogP) is 12.5. The highest BCUT2D eigenvalue weighted by Crippen LogP contribution is 2.60. The number of hydrogen-bond donors (Lipinski definition) is 0. The Morgan fingerprint density at radius 1 is 0.521 bits per heavy atom. The van der Waals surface area contributed by atoms with Crippen molar-refractivity contribution in [1.82, 2.24) is 0 Å². The highest BCUT2D eigenvalue weighted by Gasteiger charge is 2.30. The van der Waals surface area contributed by atoms with Crippen molar-refractivity contribution in [3.8, 4) is 63.3 Å². The van der Waals surface area contributed by atoms with Gasteiger partial charge in [0.25, 0.3) is 0 Å². The summed E-state index contributed by atoms with van der Waals surface area (Å²) in [6.45, 7) is 8.82. The van der Waals surface area contributed by atoms with Gasteiger partial charge in [-0.3, -0.25) is 0 Å². The Bertz CT molecular complexity index is 2190.